The molecule has 6 heteroatoms. The largest absolute Gasteiger partial charge is 0.293 e. The molecule has 0 aliphatic carbocycles. The summed E-state index contributed by atoms with van der Waals surface area (Å²) in [4.78, 5) is 21.3. The predicted molar refractivity (Wildman–Crippen MR) is 107 cm³/mol. The molecule has 0 atom stereocenters. The number of hydrogen-bond donors (Lipinski definition) is 0. The molecular weight excluding hydrogens is 356 g/mol. The maximum absolute atomic E-state index is 12.5. The van der Waals surface area contributed by atoms with Crippen molar-refractivity contribution in [3.63, 3.8) is 0 Å². The van der Waals surface area contributed by atoms with Crippen LogP contribution in [0.4, 0.5) is 0 Å². The van der Waals surface area contributed by atoms with Gasteiger partial charge in [-0.25, -0.2) is 9.50 Å². The van der Waals surface area contributed by atoms with Crippen molar-refractivity contribution in [3.8, 4) is 11.1 Å². The Labute approximate surface area is 161 Å². The second-order valence-corrected chi connectivity index (χ2v) is 7.24. The Kier molecular flexibility index (Phi) is 4.73. The quantitative estimate of drug-likeness (QED) is 0.383. The predicted octanol–water partition coefficient (Wildman–Crippen LogP) is 4.38. The zero-order chi connectivity index (χ0) is 18.8. The van der Waals surface area contributed by atoms with Crippen LogP contribution in [0.1, 0.15) is 21.7 Å². The average molecular weight is 374 g/mol. The Hall–Kier alpha value is -2.99. The van der Waals surface area contributed by atoms with Crippen LogP contribution in [0, 0.1) is 13.8 Å². The van der Waals surface area contributed by atoms with Crippen molar-refractivity contribution in [2.45, 2.75) is 19.0 Å². The molecule has 0 aliphatic heterocycles. The summed E-state index contributed by atoms with van der Waals surface area (Å²) in [5.74, 6) is 0.911. The van der Waals surface area contributed by atoms with E-state index in [9.17, 15) is 4.79 Å². The Balaban J connectivity index is 1.46. The van der Waals surface area contributed by atoms with Gasteiger partial charge in [-0.2, -0.15) is 4.98 Å². The first kappa shape index (κ1) is 17.4. The molecule has 2 aromatic heterocycles. The van der Waals surface area contributed by atoms with Gasteiger partial charge < -0.3 is 0 Å². The summed E-state index contributed by atoms with van der Waals surface area (Å²) in [5, 5.41) is 4.99. The standard InChI is InChI=1S/C21H18N4OS/c1-14-12-15(2)25-20(22-14)23-21(24-25)27-13-19(26)18-10-8-17(9-11-18)16-6-4-3-5-7-16/h3-12H,13H2,1-2H3. The monoisotopic (exact) mass is 374 g/mol. The van der Waals surface area contributed by atoms with E-state index in [1.807, 2.05) is 62.4 Å². The third-order valence-corrected chi connectivity index (χ3v) is 5.08. The van der Waals surface area contributed by atoms with E-state index in [2.05, 4.69) is 27.2 Å². The van der Waals surface area contributed by atoms with Crippen LogP contribution >= 0.6 is 11.8 Å². The topological polar surface area (TPSA) is 60.2 Å². The molecule has 0 amide bonds. The van der Waals surface area contributed by atoms with Gasteiger partial charge >= 0.3 is 0 Å². The van der Waals surface area contributed by atoms with E-state index in [1.54, 1.807) is 4.52 Å². The third kappa shape index (κ3) is 3.75. The molecule has 0 unspecified atom stereocenters. The van der Waals surface area contributed by atoms with Crippen molar-refractivity contribution in [1.82, 2.24) is 19.6 Å². The number of hydrogen-bond acceptors (Lipinski definition) is 5. The molecule has 0 saturated carbocycles. The van der Waals surface area contributed by atoms with Gasteiger partial charge in [0.05, 0.1) is 5.75 Å². The third-order valence-electron chi connectivity index (χ3n) is 4.25. The smallest absolute Gasteiger partial charge is 0.253 e. The second-order valence-electron chi connectivity index (χ2n) is 6.30. The van der Waals surface area contributed by atoms with Crippen molar-refractivity contribution >= 4 is 23.3 Å². The van der Waals surface area contributed by atoms with Crippen LogP contribution in [-0.2, 0) is 0 Å². The van der Waals surface area contributed by atoms with Gasteiger partial charge in [-0.05, 0) is 31.0 Å². The summed E-state index contributed by atoms with van der Waals surface area (Å²) in [7, 11) is 0. The molecule has 0 bridgehead atoms. The van der Waals surface area contributed by atoms with E-state index >= 15 is 0 Å². The van der Waals surface area contributed by atoms with Crippen molar-refractivity contribution in [2.75, 3.05) is 5.75 Å². The van der Waals surface area contributed by atoms with Gasteiger partial charge in [0.15, 0.2) is 5.78 Å². The fourth-order valence-electron chi connectivity index (χ4n) is 2.90. The Morgan fingerprint density at radius 1 is 0.963 bits per heavy atom. The Bertz CT molecular complexity index is 1100. The molecule has 0 spiro atoms. The van der Waals surface area contributed by atoms with Crippen molar-refractivity contribution < 1.29 is 4.79 Å². The van der Waals surface area contributed by atoms with E-state index in [4.69, 9.17) is 0 Å². The fraction of sp³-hybridized carbons (Fsp3) is 0.143. The summed E-state index contributed by atoms with van der Waals surface area (Å²) in [6, 6.07) is 19.8. The van der Waals surface area contributed by atoms with E-state index in [0.29, 0.717) is 22.3 Å². The molecule has 0 fully saturated rings. The van der Waals surface area contributed by atoms with Crippen LogP contribution in [0.15, 0.2) is 65.8 Å². The van der Waals surface area contributed by atoms with E-state index in [-0.39, 0.29) is 5.78 Å². The number of aromatic nitrogens is 4. The van der Waals surface area contributed by atoms with Crippen LogP contribution in [0.3, 0.4) is 0 Å². The molecule has 5 nitrogen and oxygen atoms in total. The maximum Gasteiger partial charge on any atom is 0.253 e. The summed E-state index contributed by atoms with van der Waals surface area (Å²) < 4.78 is 1.70. The highest BCUT2D eigenvalue weighted by atomic mass is 32.2. The highest BCUT2D eigenvalue weighted by Gasteiger charge is 2.12. The lowest BCUT2D eigenvalue weighted by atomic mass is 10.0. The Morgan fingerprint density at radius 3 is 2.41 bits per heavy atom. The maximum atomic E-state index is 12.5. The lowest BCUT2D eigenvalue weighted by Gasteiger charge is -2.03. The van der Waals surface area contributed by atoms with Gasteiger partial charge in [-0.15, -0.1) is 5.10 Å². The number of rotatable bonds is 5. The van der Waals surface area contributed by atoms with Gasteiger partial charge in [-0.3, -0.25) is 4.79 Å². The lowest BCUT2D eigenvalue weighted by Crippen LogP contribution is -2.02. The molecule has 0 radical (unpaired) electrons. The summed E-state index contributed by atoms with van der Waals surface area (Å²) in [6.07, 6.45) is 0. The Morgan fingerprint density at radius 2 is 1.67 bits per heavy atom. The molecule has 2 heterocycles. The van der Waals surface area contributed by atoms with Crippen LogP contribution in [-0.4, -0.2) is 31.1 Å². The van der Waals surface area contributed by atoms with Crippen LogP contribution in [0.25, 0.3) is 16.9 Å². The van der Waals surface area contributed by atoms with Crippen molar-refractivity contribution in [2.24, 2.45) is 0 Å². The van der Waals surface area contributed by atoms with E-state index in [1.165, 1.54) is 11.8 Å². The number of carbonyl (C=O) groups excluding carboxylic acids is 1. The number of aryl methyl sites for hydroxylation is 2. The molecule has 0 saturated heterocycles. The first-order valence-corrected chi connectivity index (χ1v) is 9.61. The molecule has 0 N–H and O–H groups in total. The highest BCUT2D eigenvalue weighted by molar-refractivity contribution is 7.99. The number of Topliss-reactive ketones (excluding diaryl/α,β-unsaturated/α-hetero) is 1. The highest BCUT2D eigenvalue weighted by Crippen LogP contribution is 2.21. The number of ketones is 1. The molecule has 4 aromatic rings. The summed E-state index contributed by atoms with van der Waals surface area (Å²) in [6.45, 7) is 3.89. The minimum absolute atomic E-state index is 0.0549. The van der Waals surface area contributed by atoms with Gasteiger partial charge in [0, 0.05) is 17.0 Å². The molecule has 4 rings (SSSR count). The van der Waals surface area contributed by atoms with Crippen LogP contribution < -0.4 is 0 Å². The van der Waals surface area contributed by atoms with Gasteiger partial charge in [0.2, 0.25) is 5.16 Å². The average Bonchev–Trinajstić information content (AvgIpc) is 3.10. The number of thioether (sulfide) groups is 1. The van der Waals surface area contributed by atoms with E-state index in [0.717, 1.165) is 22.5 Å². The van der Waals surface area contributed by atoms with Crippen molar-refractivity contribution in [1.29, 1.82) is 0 Å². The molecule has 134 valence electrons. The van der Waals surface area contributed by atoms with Gasteiger partial charge in [0.1, 0.15) is 0 Å². The van der Waals surface area contributed by atoms with Gasteiger partial charge in [0.25, 0.3) is 5.78 Å². The van der Waals surface area contributed by atoms with E-state index < -0.39 is 0 Å². The minimum Gasteiger partial charge on any atom is -0.293 e. The number of benzene rings is 2. The van der Waals surface area contributed by atoms with Gasteiger partial charge in [-0.1, -0.05) is 66.4 Å². The number of nitrogens with zero attached hydrogens (tertiary/aromatic N) is 4. The molecule has 2 aromatic carbocycles. The fourth-order valence-corrected chi connectivity index (χ4v) is 3.61. The molecular formula is C21H18N4OS. The summed E-state index contributed by atoms with van der Waals surface area (Å²) >= 11 is 1.33. The van der Waals surface area contributed by atoms with Crippen molar-refractivity contribution in [3.05, 3.63) is 77.6 Å². The zero-order valence-corrected chi connectivity index (χ0v) is 15.9. The number of carbonyl (C=O) groups is 1. The summed E-state index contributed by atoms with van der Waals surface area (Å²) in [5.41, 5.74) is 4.80. The second kappa shape index (κ2) is 7.32. The normalized spacial score (nSPS) is 11.0. The zero-order valence-electron chi connectivity index (χ0n) is 15.1. The first-order valence-electron chi connectivity index (χ1n) is 8.63. The van der Waals surface area contributed by atoms with Crippen LogP contribution in [0.5, 0.6) is 0 Å². The first-order chi connectivity index (χ1) is 13.1. The lowest BCUT2D eigenvalue weighted by molar-refractivity contribution is 0.102. The molecule has 0 aliphatic rings. The number of fused-ring (bicyclic) bond motifs is 1. The van der Waals surface area contributed by atoms with Crippen LogP contribution in [0.2, 0.25) is 0 Å². The molecule has 27 heavy (non-hydrogen) atoms. The SMILES string of the molecule is Cc1cc(C)n2nc(SCC(=O)c3ccc(-c4ccccc4)cc3)nc2n1. The minimum atomic E-state index is 0.0549.